The van der Waals surface area contributed by atoms with Crippen LogP contribution in [0.2, 0.25) is 0 Å². The molecule has 1 fully saturated rings. The van der Waals surface area contributed by atoms with Gasteiger partial charge in [0.25, 0.3) is 0 Å². The predicted octanol–water partition coefficient (Wildman–Crippen LogP) is 2.32. The summed E-state index contributed by atoms with van der Waals surface area (Å²) in [4.78, 5) is 4.83. The van der Waals surface area contributed by atoms with Crippen molar-refractivity contribution in [3.05, 3.63) is 23.8 Å². The minimum absolute atomic E-state index is 0.344. The minimum atomic E-state index is 0.344. The molecule has 0 bridgehead atoms. The van der Waals surface area contributed by atoms with E-state index in [1.165, 1.54) is 19.4 Å². The number of hydrogen-bond donors (Lipinski definition) is 1. The molecule has 1 aromatic carbocycles. The number of rotatable bonds is 6. The normalized spacial score (nSPS) is 19.7. The lowest BCUT2D eigenvalue weighted by molar-refractivity contribution is 0.193. The summed E-state index contributed by atoms with van der Waals surface area (Å²) < 4.78 is 5.22. The Hall–Kier alpha value is -1.26. The van der Waals surface area contributed by atoms with E-state index in [4.69, 9.17) is 4.74 Å². The van der Waals surface area contributed by atoms with Crippen LogP contribution in [0.1, 0.15) is 25.3 Å². The molecular formula is C16H26N2O2. The lowest BCUT2D eigenvalue weighted by Crippen LogP contribution is -2.38. The van der Waals surface area contributed by atoms with Crippen LogP contribution < -0.4 is 4.74 Å². The summed E-state index contributed by atoms with van der Waals surface area (Å²) >= 11 is 0. The first kappa shape index (κ1) is 15.1. The van der Waals surface area contributed by atoms with Crippen molar-refractivity contribution in [3.63, 3.8) is 0 Å². The third kappa shape index (κ3) is 3.64. The van der Waals surface area contributed by atoms with Gasteiger partial charge in [-0.15, -0.1) is 0 Å². The second-order valence-electron chi connectivity index (χ2n) is 5.62. The number of methoxy groups -OCH3 is 1. The summed E-state index contributed by atoms with van der Waals surface area (Å²) in [6.07, 6.45) is 2.58. The van der Waals surface area contributed by atoms with Crippen LogP contribution >= 0.6 is 0 Å². The molecule has 1 N–H and O–H groups in total. The number of nitrogens with zero attached hydrogens (tertiary/aromatic N) is 2. The van der Waals surface area contributed by atoms with Gasteiger partial charge in [-0.1, -0.05) is 6.92 Å². The number of ether oxygens (including phenoxy) is 1. The number of likely N-dealkylation sites (tertiary alicyclic amines) is 1. The topological polar surface area (TPSA) is 35.9 Å². The zero-order valence-electron chi connectivity index (χ0n) is 12.8. The first-order valence-corrected chi connectivity index (χ1v) is 7.42. The lowest BCUT2D eigenvalue weighted by atomic mass is 10.1. The van der Waals surface area contributed by atoms with Gasteiger partial charge in [-0.2, -0.15) is 0 Å². The van der Waals surface area contributed by atoms with Crippen molar-refractivity contribution in [2.75, 3.05) is 33.8 Å². The Morgan fingerprint density at radius 2 is 2.25 bits per heavy atom. The summed E-state index contributed by atoms with van der Waals surface area (Å²) in [5.74, 6) is 1.14. The molecule has 0 aliphatic carbocycles. The van der Waals surface area contributed by atoms with Gasteiger partial charge in [-0.05, 0) is 51.2 Å². The van der Waals surface area contributed by atoms with E-state index in [-0.39, 0.29) is 0 Å². The molecule has 1 saturated heterocycles. The van der Waals surface area contributed by atoms with Gasteiger partial charge in [0.2, 0.25) is 0 Å². The van der Waals surface area contributed by atoms with E-state index in [0.29, 0.717) is 11.8 Å². The molecule has 1 aliphatic heterocycles. The van der Waals surface area contributed by atoms with Gasteiger partial charge in [-0.25, -0.2) is 0 Å². The van der Waals surface area contributed by atoms with Crippen molar-refractivity contribution in [2.45, 2.75) is 32.4 Å². The molecule has 1 aromatic rings. The van der Waals surface area contributed by atoms with Gasteiger partial charge < -0.3 is 14.7 Å². The summed E-state index contributed by atoms with van der Waals surface area (Å²) in [6.45, 7) is 6.37. The highest BCUT2D eigenvalue weighted by molar-refractivity contribution is 5.39. The van der Waals surface area contributed by atoms with Gasteiger partial charge in [0.1, 0.15) is 11.5 Å². The van der Waals surface area contributed by atoms with E-state index in [0.717, 1.165) is 30.9 Å². The highest BCUT2D eigenvalue weighted by Gasteiger charge is 2.24. The molecular weight excluding hydrogens is 252 g/mol. The largest absolute Gasteiger partial charge is 0.508 e. The maximum absolute atomic E-state index is 9.95. The van der Waals surface area contributed by atoms with E-state index in [2.05, 4.69) is 23.8 Å². The van der Waals surface area contributed by atoms with Crippen LogP contribution in [0.25, 0.3) is 0 Å². The molecule has 4 heteroatoms. The van der Waals surface area contributed by atoms with Crippen molar-refractivity contribution in [3.8, 4) is 11.5 Å². The van der Waals surface area contributed by atoms with E-state index in [1.807, 2.05) is 6.07 Å². The molecule has 112 valence electrons. The van der Waals surface area contributed by atoms with Crippen molar-refractivity contribution in [1.82, 2.24) is 9.80 Å². The molecule has 0 amide bonds. The number of benzene rings is 1. The van der Waals surface area contributed by atoms with Gasteiger partial charge in [0.15, 0.2) is 0 Å². The highest BCUT2D eigenvalue weighted by atomic mass is 16.5. The maximum atomic E-state index is 9.95. The fraction of sp³-hybridized carbons (Fsp3) is 0.625. The Morgan fingerprint density at radius 1 is 1.45 bits per heavy atom. The van der Waals surface area contributed by atoms with Gasteiger partial charge in [0, 0.05) is 24.7 Å². The quantitative estimate of drug-likeness (QED) is 0.866. The summed E-state index contributed by atoms with van der Waals surface area (Å²) in [6, 6.07) is 6.06. The number of hydrogen-bond acceptors (Lipinski definition) is 4. The van der Waals surface area contributed by atoms with Gasteiger partial charge in [0.05, 0.1) is 7.11 Å². The average Bonchev–Trinajstić information content (AvgIpc) is 2.88. The van der Waals surface area contributed by atoms with Crippen LogP contribution in [-0.2, 0) is 6.54 Å². The molecule has 0 aromatic heterocycles. The number of likely N-dealkylation sites (N-methyl/N-ethyl adjacent to an activating group) is 2. The number of aromatic hydroxyl groups is 1. The number of phenolic OH excluding ortho intramolecular Hbond substituents is 1. The Bertz CT molecular complexity index is 436. The first-order chi connectivity index (χ1) is 9.63. The molecule has 1 heterocycles. The zero-order valence-corrected chi connectivity index (χ0v) is 12.8. The molecule has 1 atom stereocenters. The molecule has 1 unspecified atom stereocenters. The average molecular weight is 278 g/mol. The molecule has 4 nitrogen and oxygen atoms in total. The fourth-order valence-corrected chi connectivity index (χ4v) is 3.05. The summed E-state index contributed by atoms with van der Waals surface area (Å²) in [5, 5.41) is 9.95. The highest BCUT2D eigenvalue weighted by Crippen LogP contribution is 2.25. The lowest BCUT2D eigenvalue weighted by Gasteiger charge is -2.28. The standard InChI is InChI=1S/C16H26N2O2/c1-4-18-9-5-6-14(18)12-17(2)11-13-10-15(20-3)7-8-16(13)19/h7-8,10,14,19H,4-6,9,11-12H2,1-3H3. The van der Waals surface area contributed by atoms with E-state index in [1.54, 1.807) is 19.2 Å². The molecule has 0 spiro atoms. The van der Waals surface area contributed by atoms with Crippen LogP contribution in [0.5, 0.6) is 11.5 Å². The Kier molecular flexibility index (Phi) is 5.26. The van der Waals surface area contributed by atoms with Crippen molar-refractivity contribution >= 4 is 0 Å². The molecule has 1 aliphatic rings. The third-order valence-electron chi connectivity index (χ3n) is 4.15. The van der Waals surface area contributed by atoms with Gasteiger partial charge >= 0.3 is 0 Å². The van der Waals surface area contributed by atoms with Crippen LogP contribution in [0.4, 0.5) is 0 Å². The molecule has 2 rings (SSSR count). The van der Waals surface area contributed by atoms with Crippen molar-refractivity contribution < 1.29 is 9.84 Å². The molecule has 20 heavy (non-hydrogen) atoms. The summed E-state index contributed by atoms with van der Waals surface area (Å²) in [7, 11) is 3.77. The zero-order chi connectivity index (χ0) is 14.5. The Morgan fingerprint density at radius 3 is 2.95 bits per heavy atom. The first-order valence-electron chi connectivity index (χ1n) is 7.42. The summed E-state index contributed by atoms with van der Waals surface area (Å²) in [5.41, 5.74) is 0.924. The third-order valence-corrected chi connectivity index (χ3v) is 4.15. The molecule has 0 saturated carbocycles. The smallest absolute Gasteiger partial charge is 0.120 e. The SMILES string of the molecule is CCN1CCCC1CN(C)Cc1cc(OC)ccc1O. The second kappa shape index (κ2) is 6.95. The van der Waals surface area contributed by atoms with Gasteiger partial charge in [-0.3, -0.25) is 4.90 Å². The molecule has 0 radical (unpaired) electrons. The van der Waals surface area contributed by atoms with Crippen LogP contribution in [0.15, 0.2) is 18.2 Å². The second-order valence-corrected chi connectivity index (χ2v) is 5.62. The van der Waals surface area contributed by atoms with Crippen LogP contribution in [0, 0.1) is 0 Å². The van der Waals surface area contributed by atoms with E-state index >= 15 is 0 Å². The Labute approximate surface area is 122 Å². The van der Waals surface area contributed by atoms with Crippen LogP contribution in [-0.4, -0.2) is 54.7 Å². The van der Waals surface area contributed by atoms with Crippen LogP contribution in [0.3, 0.4) is 0 Å². The predicted molar refractivity (Wildman–Crippen MR) is 81.3 cm³/mol. The van der Waals surface area contributed by atoms with Crippen molar-refractivity contribution in [1.29, 1.82) is 0 Å². The Balaban J connectivity index is 1.95. The van der Waals surface area contributed by atoms with E-state index in [9.17, 15) is 5.11 Å². The minimum Gasteiger partial charge on any atom is -0.508 e. The monoisotopic (exact) mass is 278 g/mol. The number of phenols is 1. The van der Waals surface area contributed by atoms with E-state index < -0.39 is 0 Å². The van der Waals surface area contributed by atoms with Crippen molar-refractivity contribution in [2.24, 2.45) is 0 Å². The fourth-order valence-electron chi connectivity index (χ4n) is 3.05. The maximum Gasteiger partial charge on any atom is 0.120 e.